The molecule has 0 atom stereocenters. The first kappa shape index (κ1) is 31.9. The third-order valence-electron chi connectivity index (χ3n) is 3.53. The van der Waals surface area contributed by atoms with Gasteiger partial charge in [-0.3, -0.25) is 24.6 Å². The molecule has 2 rings (SSSR count). The van der Waals surface area contributed by atoms with Crippen LogP contribution >= 0.6 is 0 Å². The molecule has 0 amide bonds. The van der Waals surface area contributed by atoms with Gasteiger partial charge in [0.2, 0.25) is 0 Å². The summed E-state index contributed by atoms with van der Waals surface area (Å²) in [5.74, 6) is -1.49. The van der Waals surface area contributed by atoms with E-state index in [1.807, 2.05) is 0 Å². The van der Waals surface area contributed by atoms with E-state index >= 15 is 0 Å². The van der Waals surface area contributed by atoms with Gasteiger partial charge in [0.25, 0.3) is 5.69 Å². The molecule has 0 heterocycles. The molecule has 0 aromatic heterocycles. The van der Waals surface area contributed by atoms with E-state index in [2.05, 4.69) is 19.5 Å². The summed E-state index contributed by atoms with van der Waals surface area (Å²) in [4.78, 5) is 57.5. The summed E-state index contributed by atoms with van der Waals surface area (Å²) in [6, 6.07) is 8.25. The van der Waals surface area contributed by atoms with Crippen molar-refractivity contribution in [3.63, 3.8) is 0 Å². The second kappa shape index (κ2) is 17.3. The Morgan fingerprint density at radius 1 is 0.941 bits per heavy atom. The first-order valence-corrected chi connectivity index (χ1v) is 8.28. The van der Waals surface area contributed by atoms with Gasteiger partial charge in [0.05, 0.1) is 36.0 Å². The number of azide groups is 1. The molecule has 2 aromatic rings. The van der Waals surface area contributed by atoms with Crippen molar-refractivity contribution in [2.75, 3.05) is 14.2 Å². The number of para-hydroxylation sites is 1. The number of aldehydes is 2. The van der Waals surface area contributed by atoms with Gasteiger partial charge in [-0.1, -0.05) is 23.3 Å². The second-order valence-corrected chi connectivity index (χ2v) is 5.24. The average molecular weight is 479 g/mol. The van der Waals surface area contributed by atoms with Gasteiger partial charge >= 0.3 is 41.5 Å². The van der Waals surface area contributed by atoms with Crippen molar-refractivity contribution in [3.05, 3.63) is 95.2 Å². The molecule has 34 heavy (non-hydrogen) atoms. The number of nitro benzene ring substituents is 1. The summed E-state index contributed by atoms with van der Waals surface area (Å²) in [6.07, 6.45) is 0.834. The average Bonchev–Trinajstić information content (AvgIpc) is 2.83. The van der Waals surface area contributed by atoms with Crippen molar-refractivity contribution in [1.29, 1.82) is 0 Å². The van der Waals surface area contributed by atoms with Crippen molar-refractivity contribution in [2.45, 2.75) is 0 Å². The number of benzene rings is 2. The zero-order valence-electron chi connectivity index (χ0n) is 18.0. The van der Waals surface area contributed by atoms with E-state index in [4.69, 9.17) is 16.6 Å². The monoisotopic (exact) mass is 479 g/mol. The molecular formula is C18H14N7NaO8. The molecule has 15 nitrogen and oxygen atoms in total. The summed E-state index contributed by atoms with van der Waals surface area (Å²) in [7, 11) is 2.31. The molecule has 0 fully saturated rings. The maximum Gasteiger partial charge on any atom is 1.00 e. The Morgan fingerprint density at radius 2 is 1.38 bits per heavy atom. The number of carbonyl (C=O) groups excluding carboxylic acids is 4. The Hall–Kier alpha value is -4.26. The molecule has 0 N–H and O–H groups in total. The van der Waals surface area contributed by atoms with Crippen LogP contribution in [0.15, 0.2) is 41.5 Å². The number of rotatable bonds is 6. The minimum atomic E-state index is -0.842. The summed E-state index contributed by atoms with van der Waals surface area (Å²) in [6.45, 7) is 0. The number of hydrogen-bond acceptors (Lipinski definition) is 9. The predicted octanol–water partition coefficient (Wildman–Crippen LogP) is 1.29. The Morgan fingerprint density at radius 3 is 1.79 bits per heavy atom. The molecule has 2 aromatic carbocycles. The summed E-state index contributed by atoms with van der Waals surface area (Å²) in [5, 5.41) is 14.0. The number of carbonyl (C=O) groups is 4. The number of esters is 2. The summed E-state index contributed by atoms with van der Waals surface area (Å²) >= 11 is 0. The van der Waals surface area contributed by atoms with Crippen molar-refractivity contribution in [1.82, 2.24) is 0 Å². The molecule has 0 saturated heterocycles. The fourth-order valence-corrected chi connectivity index (χ4v) is 2.22. The topological polar surface area (TPSA) is 237 Å². The minimum absolute atomic E-state index is 0. The van der Waals surface area contributed by atoms with Gasteiger partial charge in [0, 0.05) is 10.5 Å². The fourth-order valence-electron chi connectivity index (χ4n) is 2.22. The van der Waals surface area contributed by atoms with Crippen molar-refractivity contribution in [3.8, 4) is 0 Å². The summed E-state index contributed by atoms with van der Waals surface area (Å²) < 4.78 is 8.85. The maximum absolute atomic E-state index is 11.3. The minimum Gasteiger partial charge on any atom is -0.465 e. The molecule has 16 heteroatoms. The summed E-state index contributed by atoms with van der Waals surface area (Å²) in [5.41, 5.74) is 21.1. The third kappa shape index (κ3) is 9.08. The van der Waals surface area contributed by atoms with Crippen molar-refractivity contribution in [2.24, 2.45) is 5.11 Å². The first-order valence-electron chi connectivity index (χ1n) is 8.28. The van der Waals surface area contributed by atoms with Crippen LogP contribution < -0.4 is 29.6 Å². The third-order valence-corrected chi connectivity index (χ3v) is 3.53. The van der Waals surface area contributed by atoms with Crippen molar-refractivity contribution < 1.29 is 63.1 Å². The van der Waals surface area contributed by atoms with Gasteiger partial charge in [-0.05, 0) is 23.7 Å². The molecule has 0 aliphatic heterocycles. The second-order valence-electron chi connectivity index (χ2n) is 5.24. The zero-order chi connectivity index (χ0) is 25.4. The Bertz CT molecular complexity index is 1070. The van der Waals surface area contributed by atoms with E-state index in [0.29, 0.717) is 12.6 Å². The van der Waals surface area contributed by atoms with Crippen LogP contribution in [-0.4, -0.2) is 43.7 Å². The van der Waals surface area contributed by atoms with E-state index in [1.165, 1.54) is 48.4 Å². The Labute approximate surface area is 213 Å². The number of methoxy groups -OCH3 is 2. The molecule has 0 saturated carbocycles. The molecule has 0 aliphatic carbocycles. The van der Waals surface area contributed by atoms with Crippen LogP contribution in [0, 0.1) is 10.1 Å². The van der Waals surface area contributed by atoms with E-state index in [1.54, 1.807) is 0 Å². The van der Waals surface area contributed by atoms with Gasteiger partial charge in [0.1, 0.15) is 5.56 Å². The predicted molar refractivity (Wildman–Crippen MR) is 112 cm³/mol. The van der Waals surface area contributed by atoms with E-state index in [-0.39, 0.29) is 57.5 Å². The van der Waals surface area contributed by atoms with Crippen LogP contribution in [0.4, 0.5) is 11.4 Å². The SMILES string of the molecule is COC(=O)c1cccc(C=O)c1N=[N+]=[N-].COC(=O)c1cccc(C=O)c1[N+](=O)[O-].[N-]=[N+]=[N-].[Na+]. The molecule has 0 spiro atoms. The van der Waals surface area contributed by atoms with Crippen LogP contribution in [0.25, 0.3) is 26.4 Å². The Balaban J connectivity index is 0. The largest absolute Gasteiger partial charge is 1.00 e. The first-order chi connectivity index (χ1) is 15.8. The molecule has 0 unspecified atom stereocenters. The zero-order valence-corrected chi connectivity index (χ0v) is 20.0. The van der Waals surface area contributed by atoms with E-state index in [9.17, 15) is 29.3 Å². The van der Waals surface area contributed by atoms with E-state index < -0.39 is 22.5 Å². The number of hydrogen-bond donors (Lipinski definition) is 0. The number of ether oxygens (including phenoxy) is 2. The van der Waals surface area contributed by atoms with Gasteiger partial charge in [-0.15, -0.1) is 0 Å². The van der Waals surface area contributed by atoms with Crippen LogP contribution in [0.5, 0.6) is 0 Å². The standard InChI is InChI=1S/C9H7N3O3.C9H7NO5.N3.Na/c1-15-9(14)7-4-2-3-6(5-13)8(7)11-12-10;1-15-9(12)7-4-2-3-6(5-11)8(7)10(13)14;1-3-2;/h2*2-5H,1H3;;/q;;-1;+1. The van der Waals surface area contributed by atoms with Crippen LogP contribution in [0.3, 0.4) is 0 Å². The van der Waals surface area contributed by atoms with Gasteiger partial charge < -0.3 is 20.5 Å². The normalized spacial score (nSPS) is 8.29. The fraction of sp³-hybridized carbons (Fsp3) is 0.111. The number of nitrogens with zero attached hydrogens (tertiary/aromatic N) is 7. The number of nitro groups is 1. The molecule has 170 valence electrons. The molecule has 0 aliphatic rings. The van der Waals surface area contributed by atoms with Gasteiger partial charge in [-0.25, -0.2) is 9.59 Å². The van der Waals surface area contributed by atoms with Gasteiger partial charge in [0.15, 0.2) is 12.6 Å². The van der Waals surface area contributed by atoms with Gasteiger partial charge in [-0.2, -0.15) is 0 Å². The smallest absolute Gasteiger partial charge is 0.465 e. The van der Waals surface area contributed by atoms with Crippen molar-refractivity contribution >= 4 is 35.9 Å². The molecule has 0 radical (unpaired) electrons. The van der Waals surface area contributed by atoms with Crippen LogP contribution in [0.2, 0.25) is 0 Å². The van der Waals surface area contributed by atoms with E-state index in [0.717, 1.165) is 7.11 Å². The molecule has 0 bridgehead atoms. The van der Waals surface area contributed by atoms with Crippen LogP contribution in [-0.2, 0) is 9.47 Å². The molecular weight excluding hydrogens is 465 g/mol. The van der Waals surface area contributed by atoms with Crippen LogP contribution in [0.1, 0.15) is 41.4 Å². The Kier molecular flexibility index (Phi) is 16.3. The maximum atomic E-state index is 11.3. The quantitative estimate of drug-likeness (QED) is 0.0852.